The van der Waals surface area contributed by atoms with E-state index < -0.39 is 6.10 Å². The van der Waals surface area contributed by atoms with Crippen LogP contribution in [0, 0.1) is 17.2 Å². The molecule has 6 heteroatoms. The van der Waals surface area contributed by atoms with Crippen molar-refractivity contribution < 1.29 is 9.50 Å². The summed E-state index contributed by atoms with van der Waals surface area (Å²) in [6.07, 6.45) is 10.3. The maximum absolute atomic E-state index is 14.3. The second-order valence-electron chi connectivity index (χ2n) is 9.14. The molecule has 1 aromatic carbocycles. The summed E-state index contributed by atoms with van der Waals surface area (Å²) in [5.41, 5.74) is 1.49. The first kappa shape index (κ1) is 19.5. The van der Waals surface area contributed by atoms with E-state index in [9.17, 15) is 9.50 Å². The van der Waals surface area contributed by atoms with Gasteiger partial charge in [-0.15, -0.1) is 0 Å². The van der Waals surface area contributed by atoms with Crippen LogP contribution >= 0.6 is 0 Å². The fourth-order valence-electron chi connectivity index (χ4n) is 5.16. The van der Waals surface area contributed by atoms with Gasteiger partial charge in [0.2, 0.25) is 0 Å². The Morgan fingerprint density at radius 2 is 2.00 bits per heavy atom. The number of nitrogens with zero attached hydrogens (tertiary/aromatic N) is 3. The Bertz CT molecular complexity index is 1020. The Hall–Kier alpha value is -2.47. The van der Waals surface area contributed by atoms with Gasteiger partial charge in [-0.05, 0) is 55.6 Å². The minimum absolute atomic E-state index is 0.0852. The van der Waals surface area contributed by atoms with Gasteiger partial charge in [0.1, 0.15) is 23.6 Å². The van der Waals surface area contributed by atoms with E-state index in [0.717, 1.165) is 74.9 Å². The molecule has 1 spiro atoms. The van der Waals surface area contributed by atoms with Gasteiger partial charge < -0.3 is 15.0 Å². The molecule has 158 valence electrons. The molecular formula is C24H29FN4O. The van der Waals surface area contributed by atoms with Crippen LogP contribution in [0.15, 0.2) is 42.9 Å². The van der Waals surface area contributed by atoms with E-state index in [-0.39, 0.29) is 17.2 Å². The van der Waals surface area contributed by atoms with E-state index in [1.165, 1.54) is 6.07 Å². The third-order valence-corrected chi connectivity index (χ3v) is 6.98. The summed E-state index contributed by atoms with van der Waals surface area (Å²) in [6.45, 7) is 1.92. The topological polar surface area (TPSA) is 65.0 Å². The van der Waals surface area contributed by atoms with Crippen LogP contribution in [0.4, 0.5) is 10.2 Å². The van der Waals surface area contributed by atoms with Gasteiger partial charge in [-0.1, -0.05) is 31.0 Å². The van der Waals surface area contributed by atoms with Crippen LogP contribution in [0.25, 0.3) is 11.0 Å². The van der Waals surface area contributed by atoms with Crippen molar-refractivity contribution in [3.63, 3.8) is 0 Å². The summed E-state index contributed by atoms with van der Waals surface area (Å²) in [6, 6.07) is 8.73. The Balaban J connectivity index is 1.41. The summed E-state index contributed by atoms with van der Waals surface area (Å²) >= 11 is 0. The SMILES string of the molecule is OC(c1ccccc1F)C1CCCCCN(c2ncnc3[nH]ccc23)CC2(CC2)C1. The number of hydrogen-bond acceptors (Lipinski definition) is 4. The molecule has 3 aromatic rings. The number of rotatable bonds is 3. The fourth-order valence-corrected chi connectivity index (χ4v) is 5.16. The van der Waals surface area contributed by atoms with Gasteiger partial charge >= 0.3 is 0 Å². The molecule has 1 aliphatic carbocycles. The maximum atomic E-state index is 14.3. The van der Waals surface area contributed by atoms with E-state index in [4.69, 9.17) is 0 Å². The van der Waals surface area contributed by atoms with E-state index in [2.05, 4.69) is 19.9 Å². The molecule has 2 unspecified atom stereocenters. The predicted octanol–water partition coefficient (Wildman–Crippen LogP) is 5.00. The number of aromatic nitrogens is 3. The molecule has 0 bridgehead atoms. The molecule has 30 heavy (non-hydrogen) atoms. The highest BCUT2D eigenvalue weighted by molar-refractivity contribution is 5.87. The Labute approximate surface area is 176 Å². The largest absolute Gasteiger partial charge is 0.388 e. The summed E-state index contributed by atoms with van der Waals surface area (Å²) in [7, 11) is 0. The second-order valence-corrected chi connectivity index (χ2v) is 9.14. The first-order valence-corrected chi connectivity index (χ1v) is 11.1. The van der Waals surface area contributed by atoms with Crippen molar-refractivity contribution in [3.05, 3.63) is 54.2 Å². The van der Waals surface area contributed by atoms with E-state index in [0.29, 0.717) is 5.56 Å². The number of aliphatic hydroxyl groups excluding tert-OH is 1. The van der Waals surface area contributed by atoms with E-state index >= 15 is 0 Å². The Morgan fingerprint density at radius 1 is 1.13 bits per heavy atom. The smallest absolute Gasteiger partial charge is 0.142 e. The Kier molecular flexibility index (Phi) is 5.19. The van der Waals surface area contributed by atoms with Crippen molar-refractivity contribution in [1.29, 1.82) is 0 Å². The predicted molar refractivity (Wildman–Crippen MR) is 116 cm³/mol. The van der Waals surface area contributed by atoms with Gasteiger partial charge in [-0.25, -0.2) is 14.4 Å². The van der Waals surface area contributed by atoms with Crippen LogP contribution < -0.4 is 4.90 Å². The molecule has 1 aliphatic heterocycles. The number of benzene rings is 1. The quantitative estimate of drug-likeness (QED) is 0.640. The lowest BCUT2D eigenvalue weighted by molar-refractivity contribution is 0.0781. The van der Waals surface area contributed by atoms with E-state index in [1.807, 2.05) is 18.3 Å². The molecule has 1 saturated carbocycles. The molecular weight excluding hydrogens is 379 g/mol. The lowest BCUT2D eigenvalue weighted by Gasteiger charge is -2.34. The molecule has 5 rings (SSSR count). The van der Waals surface area contributed by atoms with Crippen molar-refractivity contribution in [1.82, 2.24) is 15.0 Å². The first-order chi connectivity index (χ1) is 14.7. The number of halogens is 1. The zero-order chi connectivity index (χ0) is 20.6. The van der Waals surface area contributed by atoms with Crippen LogP contribution in [0.3, 0.4) is 0 Å². The lowest BCUT2D eigenvalue weighted by atomic mass is 9.81. The van der Waals surface area contributed by atoms with Crippen molar-refractivity contribution in [2.75, 3.05) is 18.0 Å². The second kappa shape index (κ2) is 7.99. The van der Waals surface area contributed by atoms with Gasteiger partial charge in [-0.2, -0.15) is 0 Å². The number of hydrogen-bond donors (Lipinski definition) is 2. The van der Waals surface area contributed by atoms with Gasteiger partial charge in [0.05, 0.1) is 11.5 Å². The average Bonchev–Trinajstić information content (AvgIpc) is 3.33. The summed E-state index contributed by atoms with van der Waals surface area (Å²) in [4.78, 5) is 14.6. The van der Waals surface area contributed by atoms with Crippen molar-refractivity contribution in [2.24, 2.45) is 11.3 Å². The zero-order valence-electron chi connectivity index (χ0n) is 17.2. The van der Waals surface area contributed by atoms with Crippen LogP contribution in [0.1, 0.15) is 56.6 Å². The zero-order valence-corrected chi connectivity index (χ0v) is 17.2. The van der Waals surface area contributed by atoms with Gasteiger partial charge in [-0.3, -0.25) is 0 Å². The number of nitrogens with one attached hydrogen (secondary N) is 1. The summed E-state index contributed by atoms with van der Waals surface area (Å²) in [5, 5.41) is 12.1. The highest BCUT2D eigenvalue weighted by Gasteiger charge is 2.47. The normalized spacial score (nSPS) is 22.9. The molecule has 2 aliphatic rings. The molecule has 2 atom stereocenters. The van der Waals surface area contributed by atoms with Crippen molar-refractivity contribution >= 4 is 16.9 Å². The number of fused-ring (bicyclic) bond motifs is 1. The summed E-state index contributed by atoms with van der Waals surface area (Å²) < 4.78 is 14.3. The van der Waals surface area contributed by atoms with Gasteiger partial charge in [0, 0.05) is 24.8 Å². The van der Waals surface area contributed by atoms with E-state index in [1.54, 1.807) is 18.5 Å². The molecule has 0 amide bonds. The fraction of sp³-hybridized carbons (Fsp3) is 0.500. The highest BCUT2D eigenvalue weighted by Crippen LogP contribution is 2.54. The Morgan fingerprint density at radius 3 is 2.83 bits per heavy atom. The molecule has 2 aromatic heterocycles. The number of aromatic amines is 1. The van der Waals surface area contributed by atoms with Crippen LogP contribution in [-0.4, -0.2) is 33.1 Å². The van der Waals surface area contributed by atoms with Gasteiger partial charge in [0.15, 0.2) is 0 Å². The summed E-state index contributed by atoms with van der Waals surface area (Å²) in [5.74, 6) is 0.783. The molecule has 3 heterocycles. The molecule has 2 fully saturated rings. The number of H-pyrrole nitrogens is 1. The third-order valence-electron chi connectivity index (χ3n) is 6.98. The monoisotopic (exact) mass is 408 g/mol. The van der Waals surface area contributed by atoms with Crippen molar-refractivity contribution in [3.8, 4) is 0 Å². The third kappa shape index (κ3) is 3.81. The molecule has 1 saturated heterocycles. The minimum atomic E-state index is -0.744. The number of aliphatic hydroxyl groups is 1. The van der Waals surface area contributed by atoms with Gasteiger partial charge in [0.25, 0.3) is 0 Å². The van der Waals surface area contributed by atoms with Crippen LogP contribution in [0.2, 0.25) is 0 Å². The lowest BCUT2D eigenvalue weighted by Crippen LogP contribution is -2.35. The first-order valence-electron chi connectivity index (χ1n) is 11.1. The average molecular weight is 409 g/mol. The molecule has 5 nitrogen and oxygen atoms in total. The van der Waals surface area contributed by atoms with Crippen LogP contribution in [0.5, 0.6) is 0 Å². The van der Waals surface area contributed by atoms with Crippen LogP contribution in [-0.2, 0) is 0 Å². The molecule has 2 N–H and O–H groups in total. The minimum Gasteiger partial charge on any atom is -0.388 e. The maximum Gasteiger partial charge on any atom is 0.142 e. The van der Waals surface area contributed by atoms with Crippen molar-refractivity contribution in [2.45, 2.75) is 51.0 Å². The standard InChI is InChI=1S/C24H29FN4O/c25-20-8-4-3-7-18(20)21(30)17-6-2-1-5-13-29(15-24(14-17)10-11-24)23-19-9-12-26-22(19)27-16-28-23/h3-4,7-9,12,16-17,21,30H,1-2,5-6,10-11,13-15H2,(H,26,27,28). The highest BCUT2D eigenvalue weighted by atomic mass is 19.1. The number of anilines is 1. The molecule has 0 radical (unpaired) electrons.